The first-order valence-electron chi connectivity index (χ1n) is 7.28. The number of halogens is 1. The van der Waals surface area contributed by atoms with Crippen LogP contribution in [-0.4, -0.2) is 21.9 Å². The number of H-pyrrole nitrogens is 1. The Labute approximate surface area is 139 Å². The molecule has 6 nitrogen and oxygen atoms in total. The number of aromatic amines is 1. The van der Waals surface area contributed by atoms with E-state index >= 15 is 0 Å². The van der Waals surface area contributed by atoms with Crippen molar-refractivity contribution in [2.45, 2.75) is 27.2 Å². The fourth-order valence-corrected chi connectivity index (χ4v) is 2.19. The van der Waals surface area contributed by atoms with Crippen molar-refractivity contribution in [3.63, 3.8) is 0 Å². The van der Waals surface area contributed by atoms with Crippen LogP contribution in [0.1, 0.15) is 31.5 Å². The molecule has 1 aromatic carbocycles. The maximum Gasteiger partial charge on any atom is 0.280 e. The highest BCUT2D eigenvalue weighted by atomic mass is 35.5. The molecular weight excluding hydrogens is 316 g/mol. The van der Waals surface area contributed by atoms with Gasteiger partial charge in [-0.05, 0) is 37.1 Å². The van der Waals surface area contributed by atoms with Gasteiger partial charge in [0.1, 0.15) is 0 Å². The number of nitrogens with one attached hydrogen (secondary N) is 2. The van der Waals surface area contributed by atoms with Crippen LogP contribution in [0.3, 0.4) is 0 Å². The van der Waals surface area contributed by atoms with E-state index in [2.05, 4.69) is 15.6 Å². The van der Waals surface area contributed by atoms with Crippen LogP contribution in [-0.2, 0) is 4.79 Å². The molecular formula is C16H19ClN4O2. The van der Waals surface area contributed by atoms with Gasteiger partial charge in [0.05, 0.1) is 17.5 Å². The largest absolute Gasteiger partial charge is 0.295 e. The van der Waals surface area contributed by atoms with Crippen LogP contribution in [0.2, 0.25) is 5.02 Å². The van der Waals surface area contributed by atoms with E-state index < -0.39 is 0 Å². The molecule has 0 aliphatic heterocycles. The molecule has 1 heterocycles. The Bertz CT molecular complexity index is 772. The first-order chi connectivity index (χ1) is 10.9. The van der Waals surface area contributed by atoms with Crippen molar-refractivity contribution in [3.05, 3.63) is 50.9 Å². The summed E-state index contributed by atoms with van der Waals surface area (Å²) in [4.78, 5) is 24.0. The monoisotopic (exact) mass is 334 g/mol. The molecule has 0 aliphatic carbocycles. The summed E-state index contributed by atoms with van der Waals surface area (Å²) in [5, 5.41) is 7.43. The lowest BCUT2D eigenvalue weighted by molar-refractivity contribution is -0.121. The van der Waals surface area contributed by atoms with Crippen molar-refractivity contribution in [1.82, 2.24) is 15.2 Å². The number of aromatic nitrogens is 2. The highest BCUT2D eigenvalue weighted by molar-refractivity contribution is 6.30. The number of amides is 1. The third-order valence-electron chi connectivity index (χ3n) is 3.18. The van der Waals surface area contributed by atoms with Crippen LogP contribution in [0, 0.1) is 12.8 Å². The smallest absolute Gasteiger partial charge is 0.280 e. The van der Waals surface area contributed by atoms with Crippen molar-refractivity contribution in [2.75, 3.05) is 0 Å². The highest BCUT2D eigenvalue weighted by Gasteiger charge is 2.11. The van der Waals surface area contributed by atoms with Gasteiger partial charge in [0.15, 0.2) is 0 Å². The second-order valence-corrected chi connectivity index (χ2v) is 6.10. The number of carbonyl (C=O) groups is 1. The standard InChI is InChI=1S/C16H19ClN4O2/c1-10(2)8-15(22)19-18-9-14-11(3)20-21(16(14)23)13-6-4-12(17)5-7-13/h4-7,9-10,20H,8H2,1-3H3,(H,19,22). The van der Waals surface area contributed by atoms with E-state index in [0.717, 1.165) is 0 Å². The Morgan fingerprint density at radius 1 is 1.39 bits per heavy atom. The number of hydrogen-bond donors (Lipinski definition) is 2. The first-order valence-corrected chi connectivity index (χ1v) is 7.65. The lowest BCUT2D eigenvalue weighted by Crippen LogP contribution is -2.21. The van der Waals surface area contributed by atoms with Gasteiger partial charge in [-0.1, -0.05) is 25.4 Å². The first kappa shape index (κ1) is 17.0. The molecule has 0 saturated carbocycles. The highest BCUT2D eigenvalue weighted by Crippen LogP contribution is 2.12. The summed E-state index contributed by atoms with van der Waals surface area (Å²) in [7, 11) is 0. The summed E-state index contributed by atoms with van der Waals surface area (Å²) in [5.41, 5.74) is 3.91. The van der Waals surface area contributed by atoms with Gasteiger partial charge in [0, 0.05) is 17.1 Å². The number of hydrogen-bond acceptors (Lipinski definition) is 3. The van der Waals surface area contributed by atoms with Gasteiger partial charge in [-0.3, -0.25) is 14.7 Å². The van der Waals surface area contributed by atoms with Crippen LogP contribution < -0.4 is 11.0 Å². The average Bonchev–Trinajstić information content (AvgIpc) is 2.75. The van der Waals surface area contributed by atoms with Crippen molar-refractivity contribution in [3.8, 4) is 5.69 Å². The van der Waals surface area contributed by atoms with E-state index in [1.54, 1.807) is 31.2 Å². The molecule has 0 saturated heterocycles. The summed E-state index contributed by atoms with van der Waals surface area (Å²) < 4.78 is 1.41. The molecule has 0 unspecified atom stereocenters. The zero-order valence-electron chi connectivity index (χ0n) is 13.3. The van der Waals surface area contributed by atoms with Gasteiger partial charge in [0.2, 0.25) is 5.91 Å². The third-order valence-corrected chi connectivity index (χ3v) is 3.43. The van der Waals surface area contributed by atoms with Gasteiger partial charge in [-0.2, -0.15) is 5.10 Å². The SMILES string of the molecule is Cc1[nH]n(-c2ccc(Cl)cc2)c(=O)c1C=NNC(=O)CC(C)C. The zero-order chi connectivity index (χ0) is 17.0. The number of hydrazone groups is 1. The molecule has 122 valence electrons. The zero-order valence-corrected chi connectivity index (χ0v) is 14.0. The number of nitrogens with zero attached hydrogens (tertiary/aromatic N) is 2. The lowest BCUT2D eigenvalue weighted by Gasteiger charge is -2.01. The lowest BCUT2D eigenvalue weighted by atomic mass is 10.1. The molecule has 0 aliphatic rings. The fraction of sp³-hybridized carbons (Fsp3) is 0.312. The van der Waals surface area contributed by atoms with E-state index in [1.165, 1.54) is 10.9 Å². The normalized spacial score (nSPS) is 11.3. The molecule has 1 amide bonds. The summed E-state index contributed by atoms with van der Waals surface area (Å²) in [6.45, 7) is 5.67. The van der Waals surface area contributed by atoms with Crippen molar-refractivity contribution in [2.24, 2.45) is 11.0 Å². The molecule has 2 rings (SSSR count). The van der Waals surface area contributed by atoms with Gasteiger partial charge in [-0.25, -0.2) is 10.1 Å². The second-order valence-electron chi connectivity index (χ2n) is 5.66. The minimum Gasteiger partial charge on any atom is -0.295 e. The second kappa shape index (κ2) is 7.28. The van der Waals surface area contributed by atoms with Gasteiger partial charge >= 0.3 is 0 Å². The Balaban J connectivity index is 2.20. The Morgan fingerprint density at radius 2 is 2.04 bits per heavy atom. The molecule has 0 spiro atoms. The molecule has 23 heavy (non-hydrogen) atoms. The summed E-state index contributed by atoms with van der Waals surface area (Å²) >= 11 is 5.85. The molecule has 2 N–H and O–H groups in total. The number of benzene rings is 1. The minimum atomic E-state index is -0.244. The predicted octanol–water partition coefficient (Wildman–Crippen LogP) is 2.62. The van der Waals surface area contributed by atoms with Crippen LogP contribution in [0.4, 0.5) is 0 Å². The molecule has 7 heteroatoms. The van der Waals surface area contributed by atoms with Crippen LogP contribution in [0.5, 0.6) is 0 Å². The molecule has 1 aromatic heterocycles. The number of carbonyl (C=O) groups excluding carboxylic acids is 1. The van der Waals surface area contributed by atoms with E-state index in [-0.39, 0.29) is 17.4 Å². The summed E-state index contributed by atoms with van der Waals surface area (Å²) in [6.07, 6.45) is 1.75. The molecule has 0 atom stereocenters. The predicted molar refractivity (Wildman–Crippen MR) is 91.3 cm³/mol. The van der Waals surface area contributed by atoms with E-state index in [0.29, 0.717) is 28.4 Å². The van der Waals surface area contributed by atoms with Gasteiger partial charge in [0.25, 0.3) is 5.56 Å². The third kappa shape index (κ3) is 4.32. The van der Waals surface area contributed by atoms with Crippen molar-refractivity contribution >= 4 is 23.7 Å². The molecule has 0 fully saturated rings. The van der Waals surface area contributed by atoms with Crippen LogP contribution in [0.25, 0.3) is 5.69 Å². The van der Waals surface area contributed by atoms with Crippen LogP contribution in [0.15, 0.2) is 34.2 Å². The fourth-order valence-electron chi connectivity index (χ4n) is 2.07. The average molecular weight is 335 g/mol. The van der Waals surface area contributed by atoms with E-state index in [9.17, 15) is 9.59 Å². The minimum absolute atomic E-state index is 0.178. The Morgan fingerprint density at radius 3 is 2.65 bits per heavy atom. The van der Waals surface area contributed by atoms with Gasteiger partial charge < -0.3 is 0 Å². The number of rotatable bonds is 5. The van der Waals surface area contributed by atoms with E-state index in [4.69, 9.17) is 11.6 Å². The molecule has 2 aromatic rings. The van der Waals surface area contributed by atoms with E-state index in [1.807, 2.05) is 13.8 Å². The summed E-state index contributed by atoms with van der Waals surface area (Å²) in [5.74, 6) is 0.0730. The van der Waals surface area contributed by atoms with Crippen LogP contribution >= 0.6 is 11.6 Å². The maximum absolute atomic E-state index is 12.4. The topological polar surface area (TPSA) is 79.2 Å². The maximum atomic E-state index is 12.4. The Hall–Kier alpha value is -2.34. The molecule has 0 bridgehead atoms. The van der Waals surface area contributed by atoms with Crippen molar-refractivity contribution in [1.29, 1.82) is 0 Å². The summed E-state index contributed by atoms with van der Waals surface area (Å²) in [6, 6.07) is 6.90. The number of aryl methyl sites for hydroxylation is 1. The van der Waals surface area contributed by atoms with Gasteiger partial charge in [-0.15, -0.1) is 0 Å². The Kier molecular flexibility index (Phi) is 5.39. The quantitative estimate of drug-likeness (QED) is 0.651. The van der Waals surface area contributed by atoms with Crippen molar-refractivity contribution < 1.29 is 4.79 Å². The molecule has 0 radical (unpaired) electrons.